The lowest BCUT2D eigenvalue weighted by Crippen LogP contribution is -2.50. The molecule has 218 valence electrons. The second kappa shape index (κ2) is 13.5. The van der Waals surface area contributed by atoms with Gasteiger partial charge in [-0.1, -0.05) is 60.7 Å². The number of aromatic nitrogens is 1. The summed E-state index contributed by atoms with van der Waals surface area (Å²) in [6.07, 6.45) is 12.1. The van der Waals surface area contributed by atoms with E-state index in [1.54, 1.807) is 12.3 Å². The van der Waals surface area contributed by atoms with Crippen LogP contribution in [0.4, 0.5) is 0 Å². The standard InChI is InChI=1S/C31H40INO7/c1-18-13-22-7-5-10-28(34)40-30-20(3)26(39-29(21(30)4)19(2)16-32)8-6-9-27-33-25(17-36-27)31-35-12-11-23(38-31)15-24(14-18)37-22/h5-6,9-10,16-17,20-24,26,29-31H,1,7-8,11-15H2,2-4H3/b9-6+,10-5+,19-16+/t20-,21-,22-,23-,24+,26+,29-,30-,31-/m0/s1. The van der Waals surface area contributed by atoms with E-state index in [1.165, 1.54) is 0 Å². The first-order valence-corrected chi connectivity index (χ1v) is 15.6. The van der Waals surface area contributed by atoms with Crippen LogP contribution in [-0.4, -0.2) is 54.2 Å². The molecule has 40 heavy (non-hydrogen) atoms. The van der Waals surface area contributed by atoms with Gasteiger partial charge in [0.05, 0.1) is 37.1 Å². The third-order valence-corrected chi connectivity index (χ3v) is 9.31. The molecule has 1 aromatic heterocycles. The first-order chi connectivity index (χ1) is 19.3. The lowest BCUT2D eigenvalue weighted by Gasteiger charge is -2.44. The first kappa shape index (κ1) is 29.7. The summed E-state index contributed by atoms with van der Waals surface area (Å²) in [5.41, 5.74) is 2.90. The minimum atomic E-state index is -0.569. The summed E-state index contributed by atoms with van der Waals surface area (Å²) < 4.78 is 38.9. The van der Waals surface area contributed by atoms with Crippen LogP contribution in [-0.2, 0) is 28.5 Å². The van der Waals surface area contributed by atoms with Gasteiger partial charge in [0.25, 0.3) is 0 Å². The number of halogens is 1. The van der Waals surface area contributed by atoms with Crippen LogP contribution in [0.3, 0.4) is 0 Å². The Balaban J connectivity index is 1.40. The van der Waals surface area contributed by atoms with Crippen molar-refractivity contribution in [3.05, 3.63) is 57.9 Å². The highest BCUT2D eigenvalue weighted by atomic mass is 127. The third-order valence-electron chi connectivity index (χ3n) is 8.33. The van der Waals surface area contributed by atoms with Crippen LogP contribution in [0, 0.1) is 11.8 Å². The molecular weight excluding hydrogens is 625 g/mol. The van der Waals surface area contributed by atoms with Gasteiger partial charge in [0, 0.05) is 24.3 Å². The normalized spacial score (nSPS) is 39.5. The molecule has 0 radical (unpaired) electrons. The van der Waals surface area contributed by atoms with E-state index in [-0.39, 0.29) is 54.4 Å². The molecule has 4 aliphatic heterocycles. The van der Waals surface area contributed by atoms with Gasteiger partial charge in [0.2, 0.25) is 12.2 Å². The van der Waals surface area contributed by atoms with Crippen molar-refractivity contribution in [3.63, 3.8) is 0 Å². The van der Waals surface area contributed by atoms with E-state index >= 15 is 0 Å². The third kappa shape index (κ3) is 7.15. The molecule has 4 aliphatic rings. The van der Waals surface area contributed by atoms with Gasteiger partial charge < -0.3 is 28.1 Å². The molecular formula is C31H40INO7. The highest BCUT2D eigenvalue weighted by Gasteiger charge is 2.43. The number of hydrogen-bond acceptors (Lipinski definition) is 8. The Bertz CT molecular complexity index is 1140. The number of rotatable bonds is 1. The van der Waals surface area contributed by atoms with Crippen molar-refractivity contribution >= 4 is 34.6 Å². The van der Waals surface area contributed by atoms with Crippen LogP contribution in [0.2, 0.25) is 0 Å². The number of carbonyl (C=O) groups is 1. The molecule has 8 bridgehead atoms. The molecule has 9 atom stereocenters. The summed E-state index contributed by atoms with van der Waals surface area (Å²) in [5, 5.41) is 0. The quantitative estimate of drug-likeness (QED) is 0.188. The fraction of sp³-hybridized carbons (Fsp3) is 0.613. The average Bonchev–Trinajstić information content (AvgIpc) is 3.40. The van der Waals surface area contributed by atoms with E-state index in [0.717, 1.165) is 36.8 Å². The van der Waals surface area contributed by atoms with Crippen molar-refractivity contribution in [2.45, 2.75) is 102 Å². The largest absolute Gasteiger partial charge is 0.458 e. The molecule has 0 spiro atoms. The van der Waals surface area contributed by atoms with Gasteiger partial charge in [-0.2, -0.15) is 0 Å². The van der Waals surface area contributed by atoms with Gasteiger partial charge in [0.15, 0.2) is 0 Å². The molecule has 9 heteroatoms. The molecule has 3 fully saturated rings. The second-order valence-electron chi connectivity index (χ2n) is 11.5. The molecule has 0 amide bonds. The van der Waals surface area contributed by atoms with Gasteiger partial charge in [-0.25, -0.2) is 9.78 Å². The number of hydrogen-bond donors (Lipinski definition) is 0. The number of oxazole rings is 1. The Morgan fingerprint density at radius 1 is 1.05 bits per heavy atom. The topological polar surface area (TPSA) is 89.3 Å². The molecule has 0 aliphatic carbocycles. The fourth-order valence-corrected chi connectivity index (χ4v) is 6.58. The van der Waals surface area contributed by atoms with E-state index in [1.807, 2.05) is 22.3 Å². The van der Waals surface area contributed by atoms with Crippen molar-refractivity contribution in [2.75, 3.05) is 6.61 Å². The lowest BCUT2D eigenvalue weighted by molar-refractivity contribution is -0.227. The van der Waals surface area contributed by atoms with Crippen LogP contribution in [0.5, 0.6) is 0 Å². The predicted octanol–water partition coefficient (Wildman–Crippen LogP) is 6.63. The summed E-state index contributed by atoms with van der Waals surface area (Å²) in [4.78, 5) is 17.6. The zero-order chi connectivity index (χ0) is 28.2. The van der Waals surface area contributed by atoms with Crippen LogP contribution >= 0.6 is 22.6 Å². The molecule has 0 unspecified atom stereocenters. The minimum absolute atomic E-state index is 0.00350. The van der Waals surface area contributed by atoms with Crippen molar-refractivity contribution in [1.82, 2.24) is 4.98 Å². The summed E-state index contributed by atoms with van der Waals surface area (Å²) in [6.45, 7) is 11.1. The van der Waals surface area contributed by atoms with Crippen LogP contribution < -0.4 is 0 Å². The summed E-state index contributed by atoms with van der Waals surface area (Å²) >= 11 is 2.24. The summed E-state index contributed by atoms with van der Waals surface area (Å²) in [6, 6.07) is 0. The van der Waals surface area contributed by atoms with Crippen molar-refractivity contribution in [3.8, 4) is 0 Å². The Hall–Kier alpha value is -1.79. The van der Waals surface area contributed by atoms with E-state index < -0.39 is 6.29 Å². The van der Waals surface area contributed by atoms with E-state index in [9.17, 15) is 4.79 Å². The van der Waals surface area contributed by atoms with Gasteiger partial charge in [-0.3, -0.25) is 0 Å². The number of esters is 1. The molecule has 5 heterocycles. The van der Waals surface area contributed by atoms with Gasteiger partial charge in [-0.15, -0.1) is 0 Å². The van der Waals surface area contributed by atoms with Gasteiger partial charge >= 0.3 is 5.97 Å². The molecule has 0 N–H and O–H groups in total. The fourth-order valence-electron chi connectivity index (χ4n) is 6.23. The maximum Gasteiger partial charge on any atom is 0.330 e. The van der Waals surface area contributed by atoms with Crippen LogP contribution in [0.1, 0.15) is 77.2 Å². The van der Waals surface area contributed by atoms with E-state index in [2.05, 4.69) is 54.9 Å². The van der Waals surface area contributed by atoms with E-state index in [4.69, 9.17) is 28.1 Å². The molecule has 8 nitrogen and oxygen atoms in total. The Kier molecular flexibility index (Phi) is 9.99. The smallest absolute Gasteiger partial charge is 0.330 e. The number of carbonyl (C=O) groups excluding carboxylic acids is 1. The Morgan fingerprint density at radius 2 is 1.85 bits per heavy atom. The molecule has 5 rings (SSSR count). The maximum atomic E-state index is 13.0. The zero-order valence-corrected chi connectivity index (χ0v) is 25.7. The lowest BCUT2D eigenvalue weighted by atomic mass is 9.80. The van der Waals surface area contributed by atoms with Crippen LogP contribution in [0.25, 0.3) is 6.08 Å². The maximum absolute atomic E-state index is 13.0. The minimum Gasteiger partial charge on any atom is -0.458 e. The van der Waals surface area contributed by atoms with Gasteiger partial charge in [0.1, 0.15) is 18.1 Å². The van der Waals surface area contributed by atoms with Crippen molar-refractivity contribution < 1.29 is 32.9 Å². The zero-order valence-electron chi connectivity index (χ0n) is 23.5. The number of fused-ring (bicyclic) bond motifs is 9. The van der Waals surface area contributed by atoms with E-state index in [0.29, 0.717) is 31.0 Å². The second-order valence-corrected chi connectivity index (χ2v) is 12.1. The Morgan fingerprint density at radius 3 is 2.67 bits per heavy atom. The first-order valence-electron chi connectivity index (χ1n) is 14.3. The summed E-state index contributed by atoms with van der Waals surface area (Å²) in [7, 11) is 0. The van der Waals surface area contributed by atoms with Crippen molar-refractivity contribution in [2.24, 2.45) is 11.8 Å². The summed E-state index contributed by atoms with van der Waals surface area (Å²) in [5.74, 6) is 0.159. The number of nitrogens with zero attached hydrogens (tertiary/aromatic N) is 1. The van der Waals surface area contributed by atoms with Gasteiger partial charge in [-0.05, 0) is 54.8 Å². The van der Waals surface area contributed by atoms with Crippen molar-refractivity contribution in [1.29, 1.82) is 0 Å². The predicted molar refractivity (Wildman–Crippen MR) is 158 cm³/mol. The molecule has 3 saturated heterocycles. The monoisotopic (exact) mass is 665 g/mol. The average molecular weight is 666 g/mol. The molecule has 1 aromatic rings. The highest BCUT2D eigenvalue weighted by Crippen LogP contribution is 2.38. The molecule has 0 aromatic carbocycles. The van der Waals surface area contributed by atoms with Crippen LogP contribution in [0.15, 0.2) is 50.7 Å². The number of ether oxygens (including phenoxy) is 5. The SMILES string of the molecule is C=C1C[C@@H]2C[C@@H]3CCO[C@@H](O3)c3coc(n3)/C=C/C[C@H]3O[C@@H](/C(C)=C/I)[C@H](C)[C@@H](OC(=O)/C=C/C[C@@H](C1)O2)[C@H]3C. The highest BCUT2D eigenvalue weighted by molar-refractivity contribution is 14.1. The molecule has 0 saturated carbocycles. The Labute approximate surface area is 250 Å².